The van der Waals surface area contributed by atoms with Gasteiger partial charge in [-0.15, -0.1) is 0 Å². The summed E-state index contributed by atoms with van der Waals surface area (Å²) in [6, 6.07) is 1.32. The van der Waals surface area contributed by atoms with E-state index in [2.05, 4.69) is 34.6 Å². The van der Waals surface area contributed by atoms with E-state index in [1.54, 1.807) is 17.2 Å². The van der Waals surface area contributed by atoms with Crippen LogP contribution in [0.1, 0.15) is 32.9 Å². The molecule has 0 aliphatic carbocycles. The highest BCUT2D eigenvalue weighted by Gasteiger charge is 2.32. The van der Waals surface area contributed by atoms with Gasteiger partial charge in [0.05, 0.1) is 17.3 Å². The van der Waals surface area contributed by atoms with E-state index in [9.17, 15) is 14.7 Å². The number of aliphatic hydroxyl groups is 1. The number of aliphatic hydroxyl groups excluding tert-OH is 1. The second kappa shape index (κ2) is 8.71. The van der Waals surface area contributed by atoms with Crippen molar-refractivity contribution in [1.82, 2.24) is 25.0 Å². The number of nitrogens with one attached hydrogen (secondary N) is 2. The zero-order chi connectivity index (χ0) is 23.0. The van der Waals surface area contributed by atoms with Crippen molar-refractivity contribution in [3.05, 3.63) is 29.2 Å². The third-order valence-electron chi connectivity index (χ3n) is 6.22. The molecule has 9 nitrogen and oxygen atoms in total. The van der Waals surface area contributed by atoms with Crippen molar-refractivity contribution in [2.75, 3.05) is 25.0 Å². The average Bonchev–Trinajstić information content (AvgIpc) is 3.23. The second-order valence-corrected chi connectivity index (χ2v) is 9.88. The van der Waals surface area contributed by atoms with Crippen molar-refractivity contribution >= 4 is 29.4 Å². The normalized spacial score (nSPS) is 21.8. The van der Waals surface area contributed by atoms with E-state index in [4.69, 9.17) is 11.6 Å². The van der Waals surface area contributed by atoms with Crippen LogP contribution < -0.4 is 10.6 Å². The minimum Gasteiger partial charge on any atom is -0.393 e. The Balaban J connectivity index is 1.42. The lowest BCUT2D eigenvalue weighted by Gasteiger charge is -2.35. The van der Waals surface area contributed by atoms with Gasteiger partial charge in [-0.1, -0.05) is 25.4 Å². The number of rotatable bonds is 4. The van der Waals surface area contributed by atoms with Crippen LogP contribution in [-0.4, -0.2) is 62.4 Å². The molecule has 0 unspecified atom stereocenters. The molecule has 3 N–H and O–H groups in total. The Labute approximate surface area is 192 Å². The van der Waals surface area contributed by atoms with Crippen molar-refractivity contribution in [3.8, 4) is 11.1 Å². The van der Waals surface area contributed by atoms with Gasteiger partial charge >= 0.3 is 6.03 Å². The number of carbonyl (C=O) groups is 2. The Morgan fingerprint density at radius 2 is 2.09 bits per heavy atom. The number of halogens is 1. The first kappa shape index (κ1) is 22.5. The molecule has 2 aliphatic heterocycles. The fraction of sp³-hybridized carbons (Fsp3) is 0.545. The van der Waals surface area contributed by atoms with Crippen LogP contribution in [0, 0.1) is 11.3 Å². The van der Waals surface area contributed by atoms with Crippen molar-refractivity contribution < 1.29 is 14.7 Å². The molecule has 0 aromatic carbocycles. The number of likely N-dealkylation sites (tertiary alicyclic amines) is 1. The number of nitrogens with zero attached hydrogens (tertiary/aromatic N) is 4. The summed E-state index contributed by atoms with van der Waals surface area (Å²) in [6.07, 6.45) is 4.17. The summed E-state index contributed by atoms with van der Waals surface area (Å²) in [4.78, 5) is 30.0. The maximum atomic E-state index is 12.5. The van der Waals surface area contributed by atoms with Crippen LogP contribution in [0.2, 0.25) is 5.02 Å². The van der Waals surface area contributed by atoms with E-state index in [-0.39, 0.29) is 23.8 Å². The summed E-state index contributed by atoms with van der Waals surface area (Å²) in [5.74, 6) is 0.124. The van der Waals surface area contributed by atoms with Gasteiger partial charge in [0.25, 0.3) is 0 Å². The molecule has 2 aromatic rings. The third kappa shape index (κ3) is 4.73. The lowest BCUT2D eigenvalue weighted by molar-refractivity contribution is -0.132. The third-order valence-corrected chi connectivity index (χ3v) is 6.52. The van der Waals surface area contributed by atoms with E-state index in [1.807, 2.05) is 4.68 Å². The van der Waals surface area contributed by atoms with Crippen LogP contribution in [0.3, 0.4) is 0 Å². The molecule has 0 bridgehead atoms. The number of urea groups is 1. The van der Waals surface area contributed by atoms with Crippen molar-refractivity contribution in [2.24, 2.45) is 11.3 Å². The van der Waals surface area contributed by atoms with Gasteiger partial charge in [0, 0.05) is 62.0 Å². The van der Waals surface area contributed by atoms with Gasteiger partial charge in [0.15, 0.2) is 0 Å². The molecule has 172 valence electrons. The summed E-state index contributed by atoms with van der Waals surface area (Å²) in [6.45, 7) is 7.98. The van der Waals surface area contributed by atoms with E-state index in [1.165, 1.54) is 13.1 Å². The van der Waals surface area contributed by atoms with E-state index in [0.29, 0.717) is 30.4 Å². The molecule has 32 heavy (non-hydrogen) atoms. The first-order chi connectivity index (χ1) is 15.1. The highest BCUT2D eigenvalue weighted by molar-refractivity contribution is 6.33. The zero-order valence-corrected chi connectivity index (χ0v) is 19.3. The number of fused-ring (bicyclic) bond motifs is 1. The SMILES string of the molecule is CC(=O)N1CC[C@@H](O)[C@H](CNC(=O)Nc2cc(-c3cnn4c3CC(C)(C)C4)c(Cl)cn2)C1. The number of pyridine rings is 1. The van der Waals surface area contributed by atoms with Crippen molar-refractivity contribution in [3.63, 3.8) is 0 Å². The molecule has 0 radical (unpaired) electrons. The minimum absolute atomic E-state index is 0.0284. The Morgan fingerprint density at radius 3 is 2.84 bits per heavy atom. The molecule has 1 fully saturated rings. The molecule has 10 heteroatoms. The van der Waals surface area contributed by atoms with Gasteiger partial charge in [-0.05, 0) is 24.3 Å². The van der Waals surface area contributed by atoms with E-state index in [0.717, 1.165) is 29.8 Å². The number of anilines is 1. The monoisotopic (exact) mass is 460 g/mol. The predicted molar refractivity (Wildman–Crippen MR) is 121 cm³/mol. The maximum Gasteiger partial charge on any atom is 0.320 e. The number of piperidine rings is 1. The molecular formula is C22H29ClN6O3. The Hall–Kier alpha value is -2.65. The van der Waals surface area contributed by atoms with Gasteiger partial charge < -0.3 is 15.3 Å². The van der Waals surface area contributed by atoms with Crippen LogP contribution in [0.25, 0.3) is 11.1 Å². The quantitative estimate of drug-likeness (QED) is 0.649. The molecular weight excluding hydrogens is 432 g/mol. The maximum absolute atomic E-state index is 12.5. The topological polar surface area (TPSA) is 112 Å². The molecule has 3 amide bonds. The standard InChI is InChI=1S/C22H29ClN6O3/c1-13(30)28-5-4-19(31)14(11-28)8-25-21(32)27-20-6-15(17(23)10-24-20)16-9-26-29-12-22(2,3)7-18(16)29/h6,9-10,14,19,31H,4-5,7-8,11-12H2,1-3H3,(H2,24,25,27,32)/t14-,19-/m1/s1. The zero-order valence-electron chi connectivity index (χ0n) is 18.6. The van der Waals surface area contributed by atoms with Crippen molar-refractivity contribution in [2.45, 2.75) is 46.3 Å². The number of hydrogen-bond acceptors (Lipinski definition) is 5. The predicted octanol–water partition coefficient (Wildman–Crippen LogP) is 2.53. The summed E-state index contributed by atoms with van der Waals surface area (Å²) in [7, 11) is 0. The molecule has 2 atom stereocenters. The smallest absolute Gasteiger partial charge is 0.320 e. The largest absolute Gasteiger partial charge is 0.393 e. The fourth-order valence-corrected chi connectivity index (χ4v) is 4.68. The molecule has 2 aromatic heterocycles. The van der Waals surface area contributed by atoms with Crippen LogP contribution in [0.4, 0.5) is 10.6 Å². The van der Waals surface area contributed by atoms with E-state index >= 15 is 0 Å². The van der Waals surface area contributed by atoms with Gasteiger partial charge in [0.1, 0.15) is 5.82 Å². The minimum atomic E-state index is -0.556. The van der Waals surface area contributed by atoms with Crippen molar-refractivity contribution in [1.29, 1.82) is 0 Å². The summed E-state index contributed by atoms with van der Waals surface area (Å²) in [5.41, 5.74) is 2.98. The highest BCUT2D eigenvalue weighted by atomic mass is 35.5. The fourth-order valence-electron chi connectivity index (χ4n) is 4.48. The number of carbonyl (C=O) groups excluding carboxylic acids is 2. The summed E-state index contributed by atoms with van der Waals surface area (Å²) >= 11 is 6.43. The highest BCUT2D eigenvalue weighted by Crippen LogP contribution is 2.39. The average molecular weight is 461 g/mol. The van der Waals surface area contributed by atoms with Crippen LogP contribution in [0.5, 0.6) is 0 Å². The first-order valence-electron chi connectivity index (χ1n) is 10.8. The molecule has 1 saturated heterocycles. The second-order valence-electron chi connectivity index (χ2n) is 9.47. The van der Waals surface area contributed by atoms with Gasteiger partial charge in [0.2, 0.25) is 5.91 Å². The number of hydrogen-bond donors (Lipinski definition) is 3. The molecule has 4 heterocycles. The molecule has 4 rings (SSSR count). The van der Waals surface area contributed by atoms with Gasteiger partial charge in [-0.25, -0.2) is 9.78 Å². The molecule has 0 spiro atoms. The number of amides is 3. The summed E-state index contributed by atoms with van der Waals surface area (Å²) < 4.78 is 2.01. The Bertz CT molecular complexity index is 1040. The Kier molecular flexibility index (Phi) is 6.13. The number of aromatic nitrogens is 3. The van der Waals surface area contributed by atoms with Crippen LogP contribution in [0.15, 0.2) is 18.5 Å². The van der Waals surface area contributed by atoms with Crippen LogP contribution in [-0.2, 0) is 17.8 Å². The van der Waals surface area contributed by atoms with Crippen LogP contribution >= 0.6 is 11.6 Å². The van der Waals surface area contributed by atoms with E-state index < -0.39 is 12.1 Å². The Morgan fingerprint density at radius 1 is 1.31 bits per heavy atom. The summed E-state index contributed by atoms with van der Waals surface area (Å²) in [5, 5.41) is 20.7. The molecule has 2 aliphatic rings. The first-order valence-corrected chi connectivity index (χ1v) is 11.2. The van der Waals surface area contributed by atoms with Gasteiger partial charge in [-0.2, -0.15) is 5.10 Å². The molecule has 0 saturated carbocycles. The lowest BCUT2D eigenvalue weighted by atomic mass is 9.89. The van der Waals surface area contributed by atoms with Gasteiger partial charge in [-0.3, -0.25) is 14.8 Å². The lowest BCUT2D eigenvalue weighted by Crippen LogP contribution is -2.49.